The van der Waals surface area contributed by atoms with Crippen molar-refractivity contribution < 1.29 is 0 Å². The van der Waals surface area contributed by atoms with Crippen LogP contribution in [0.1, 0.15) is 58.9 Å². The zero-order chi connectivity index (χ0) is 22.2. The lowest BCUT2D eigenvalue weighted by atomic mass is 9.97. The fraction of sp³-hybridized carbons (Fsp3) is 0.464. The van der Waals surface area contributed by atoms with Gasteiger partial charge < -0.3 is 9.80 Å². The third-order valence-electron chi connectivity index (χ3n) is 5.97. The van der Waals surface area contributed by atoms with Crippen molar-refractivity contribution in [2.75, 3.05) is 36.0 Å². The van der Waals surface area contributed by atoms with E-state index in [1.807, 2.05) is 6.20 Å². The molecule has 1 heterocycles. The number of aromatic nitrogens is 1. The van der Waals surface area contributed by atoms with Crippen LogP contribution in [0.2, 0.25) is 0 Å². The van der Waals surface area contributed by atoms with Gasteiger partial charge in [0.15, 0.2) is 0 Å². The zero-order valence-electron chi connectivity index (χ0n) is 20.1. The first-order valence-electron chi connectivity index (χ1n) is 12.1. The van der Waals surface area contributed by atoms with Gasteiger partial charge in [0.2, 0.25) is 0 Å². The van der Waals surface area contributed by atoms with Gasteiger partial charge in [0.25, 0.3) is 0 Å². The Morgan fingerprint density at radius 3 is 2.00 bits per heavy atom. The highest BCUT2D eigenvalue weighted by molar-refractivity contribution is 5.96. The highest BCUT2D eigenvalue weighted by Gasteiger charge is 2.18. The molecule has 0 bridgehead atoms. The molecule has 31 heavy (non-hydrogen) atoms. The maximum Gasteiger partial charge on any atom is 0.0784 e. The number of rotatable bonds is 11. The Kier molecular flexibility index (Phi) is 8.34. The highest BCUT2D eigenvalue weighted by Crippen LogP contribution is 2.38. The van der Waals surface area contributed by atoms with Crippen LogP contribution in [0.25, 0.3) is 22.0 Å². The van der Waals surface area contributed by atoms with Crippen molar-refractivity contribution in [3.05, 3.63) is 54.2 Å². The Labute approximate surface area is 189 Å². The lowest BCUT2D eigenvalue weighted by Crippen LogP contribution is -2.28. The summed E-state index contributed by atoms with van der Waals surface area (Å²) in [4.78, 5) is 10.0. The zero-order valence-corrected chi connectivity index (χ0v) is 20.1. The predicted octanol–water partition coefficient (Wildman–Crippen LogP) is 7.46. The molecule has 3 rings (SSSR count). The molecule has 0 saturated heterocycles. The second-order valence-corrected chi connectivity index (χ2v) is 8.49. The molecule has 0 unspecified atom stereocenters. The van der Waals surface area contributed by atoms with Crippen molar-refractivity contribution in [1.29, 1.82) is 0 Å². The minimum atomic E-state index is 1.08. The lowest BCUT2D eigenvalue weighted by molar-refractivity contribution is 0.734. The summed E-state index contributed by atoms with van der Waals surface area (Å²) in [6, 6.07) is 15.5. The molecule has 0 aliphatic carbocycles. The van der Waals surface area contributed by atoms with Crippen LogP contribution >= 0.6 is 0 Å². The molecule has 0 amide bonds. The Hall–Kier alpha value is -2.55. The normalized spacial score (nSPS) is 11.1. The molecule has 0 aliphatic heterocycles. The molecule has 3 nitrogen and oxygen atoms in total. The van der Waals surface area contributed by atoms with Crippen LogP contribution < -0.4 is 9.80 Å². The Balaban J connectivity index is 2.25. The topological polar surface area (TPSA) is 19.4 Å². The van der Waals surface area contributed by atoms with Gasteiger partial charge in [-0.1, -0.05) is 52.0 Å². The second-order valence-electron chi connectivity index (χ2n) is 8.49. The van der Waals surface area contributed by atoms with E-state index in [1.165, 1.54) is 33.3 Å². The van der Waals surface area contributed by atoms with Crippen LogP contribution in [0, 0.1) is 6.92 Å². The summed E-state index contributed by atoms with van der Waals surface area (Å²) in [5.74, 6) is 0. The van der Waals surface area contributed by atoms with Crippen LogP contribution in [-0.2, 0) is 0 Å². The van der Waals surface area contributed by atoms with Crippen molar-refractivity contribution in [3.63, 3.8) is 0 Å². The molecule has 0 saturated carbocycles. The van der Waals surface area contributed by atoms with E-state index in [0.29, 0.717) is 0 Å². The molecular formula is C28H39N3. The average Bonchev–Trinajstić information content (AvgIpc) is 2.79. The summed E-state index contributed by atoms with van der Waals surface area (Å²) in [6.45, 7) is 15.7. The van der Waals surface area contributed by atoms with Crippen molar-refractivity contribution in [3.8, 4) is 11.3 Å². The fourth-order valence-electron chi connectivity index (χ4n) is 4.58. The Morgan fingerprint density at radius 2 is 1.35 bits per heavy atom. The number of pyridine rings is 1. The maximum atomic E-state index is 4.89. The van der Waals surface area contributed by atoms with Crippen LogP contribution in [0.5, 0.6) is 0 Å². The number of nitrogens with zero attached hydrogens (tertiary/aromatic N) is 3. The Bertz CT molecular complexity index is 962. The maximum absolute atomic E-state index is 4.89. The minimum Gasteiger partial charge on any atom is -0.371 e. The second kappa shape index (κ2) is 11.2. The average molecular weight is 418 g/mol. The molecule has 1 aromatic heterocycles. The van der Waals surface area contributed by atoms with Gasteiger partial charge in [0, 0.05) is 54.7 Å². The highest BCUT2D eigenvalue weighted by atomic mass is 15.1. The smallest absolute Gasteiger partial charge is 0.0784 e. The monoisotopic (exact) mass is 417 g/mol. The first-order chi connectivity index (χ1) is 15.1. The van der Waals surface area contributed by atoms with E-state index in [0.717, 1.165) is 57.6 Å². The fourth-order valence-corrected chi connectivity index (χ4v) is 4.58. The van der Waals surface area contributed by atoms with E-state index in [4.69, 9.17) is 4.98 Å². The van der Waals surface area contributed by atoms with Gasteiger partial charge in [-0.3, -0.25) is 4.98 Å². The van der Waals surface area contributed by atoms with Crippen LogP contribution in [0.15, 0.2) is 48.7 Å². The van der Waals surface area contributed by atoms with Crippen LogP contribution in [0.4, 0.5) is 11.4 Å². The van der Waals surface area contributed by atoms with Gasteiger partial charge in [-0.15, -0.1) is 0 Å². The van der Waals surface area contributed by atoms with Crippen molar-refractivity contribution in [2.45, 2.75) is 60.3 Å². The summed E-state index contributed by atoms with van der Waals surface area (Å²) >= 11 is 0. The van der Waals surface area contributed by atoms with Gasteiger partial charge >= 0.3 is 0 Å². The summed E-state index contributed by atoms with van der Waals surface area (Å²) in [5, 5.41) is 2.48. The standard InChI is InChI=1S/C28H39N3/c1-6-16-30(17-7-2)24-20-26(22(5)27(21-24)31(18-8-3)19-9-4)28-25-13-11-10-12-23(25)14-15-29-28/h10-15,20-21H,6-9,16-19H2,1-5H3. The minimum absolute atomic E-state index is 1.08. The van der Waals surface area contributed by atoms with Gasteiger partial charge in [-0.2, -0.15) is 0 Å². The Morgan fingerprint density at radius 1 is 0.742 bits per heavy atom. The van der Waals surface area contributed by atoms with E-state index in [-0.39, 0.29) is 0 Å². The molecule has 0 fully saturated rings. The van der Waals surface area contributed by atoms with Gasteiger partial charge in [0.05, 0.1) is 5.69 Å². The first-order valence-corrected chi connectivity index (χ1v) is 12.1. The first kappa shape index (κ1) is 23.1. The van der Waals surface area contributed by atoms with Crippen molar-refractivity contribution >= 4 is 22.1 Å². The van der Waals surface area contributed by atoms with Gasteiger partial charge in [-0.25, -0.2) is 0 Å². The molecule has 3 aromatic rings. The van der Waals surface area contributed by atoms with Crippen LogP contribution in [0.3, 0.4) is 0 Å². The molecule has 166 valence electrons. The summed E-state index contributed by atoms with van der Waals surface area (Å²) in [6.07, 6.45) is 6.56. The molecule has 0 aliphatic rings. The SMILES string of the molecule is CCCN(CCC)c1cc(-c2nccc3ccccc23)c(C)c(N(CCC)CCC)c1. The number of fused-ring (bicyclic) bond motifs is 1. The molecular weight excluding hydrogens is 378 g/mol. The van der Waals surface area contributed by atoms with Crippen LogP contribution in [-0.4, -0.2) is 31.2 Å². The molecule has 0 spiro atoms. The third-order valence-corrected chi connectivity index (χ3v) is 5.97. The molecule has 0 N–H and O–H groups in total. The number of benzene rings is 2. The number of hydrogen-bond acceptors (Lipinski definition) is 3. The van der Waals surface area contributed by atoms with Gasteiger partial charge in [-0.05, 0) is 61.8 Å². The third kappa shape index (κ3) is 5.20. The predicted molar refractivity (Wildman–Crippen MR) is 138 cm³/mol. The number of anilines is 2. The lowest BCUT2D eigenvalue weighted by Gasteiger charge is -2.31. The molecule has 3 heteroatoms. The van der Waals surface area contributed by atoms with E-state index in [1.54, 1.807) is 0 Å². The largest absolute Gasteiger partial charge is 0.371 e. The van der Waals surface area contributed by atoms with Crippen molar-refractivity contribution in [1.82, 2.24) is 4.98 Å². The van der Waals surface area contributed by atoms with E-state index >= 15 is 0 Å². The summed E-state index contributed by atoms with van der Waals surface area (Å²) < 4.78 is 0. The van der Waals surface area contributed by atoms with E-state index in [2.05, 4.69) is 86.9 Å². The molecule has 0 radical (unpaired) electrons. The number of hydrogen-bond donors (Lipinski definition) is 0. The molecule has 2 aromatic carbocycles. The van der Waals surface area contributed by atoms with Gasteiger partial charge in [0.1, 0.15) is 0 Å². The summed E-state index contributed by atoms with van der Waals surface area (Å²) in [7, 11) is 0. The quantitative estimate of drug-likeness (QED) is 0.323. The molecule has 0 atom stereocenters. The summed E-state index contributed by atoms with van der Waals surface area (Å²) in [5.41, 5.74) is 6.38. The van der Waals surface area contributed by atoms with Crippen molar-refractivity contribution in [2.24, 2.45) is 0 Å². The van der Waals surface area contributed by atoms with E-state index < -0.39 is 0 Å². The van der Waals surface area contributed by atoms with E-state index in [9.17, 15) is 0 Å².